The number of furan rings is 1. The van der Waals surface area contributed by atoms with E-state index in [1.165, 1.54) is 6.26 Å². The lowest BCUT2D eigenvalue weighted by Gasteiger charge is -2.22. The zero-order chi connectivity index (χ0) is 14.9. The van der Waals surface area contributed by atoms with Gasteiger partial charge in [0.1, 0.15) is 6.61 Å². The molecule has 2 heterocycles. The summed E-state index contributed by atoms with van der Waals surface area (Å²) in [6, 6.07) is 3.24. The van der Waals surface area contributed by atoms with Crippen LogP contribution in [0.1, 0.15) is 42.7 Å². The molecule has 1 aliphatic rings. The fourth-order valence-electron chi connectivity index (χ4n) is 2.13. The molecule has 0 aliphatic carbocycles. The minimum atomic E-state index is -0.274. The topological polar surface area (TPSA) is 77.8 Å². The molecule has 0 bridgehead atoms. The van der Waals surface area contributed by atoms with E-state index in [1.54, 1.807) is 12.1 Å². The van der Waals surface area contributed by atoms with Gasteiger partial charge in [-0.1, -0.05) is 0 Å². The Morgan fingerprint density at radius 1 is 1.38 bits per heavy atom. The number of ether oxygens (including phenoxy) is 2. The maximum absolute atomic E-state index is 11.6. The van der Waals surface area contributed by atoms with Crippen LogP contribution in [0.15, 0.2) is 22.8 Å². The number of carbonyl (C=O) groups is 2. The van der Waals surface area contributed by atoms with Crippen molar-refractivity contribution in [3.05, 3.63) is 24.2 Å². The van der Waals surface area contributed by atoms with E-state index >= 15 is 0 Å². The minimum absolute atomic E-state index is 0.0429. The lowest BCUT2D eigenvalue weighted by Crippen LogP contribution is -2.27. The van der Waals surface area contributed by atoms with Gasteiger partial charge in [0, 0.05) is 19.6 Å². The first-order valence-corrected chi connectivity index (χ1v) is 7.34. The predicted molar refractivity (Wildman–Crippen MR) is 74.8 cm³/mol. The van der Waals surface area contributed by atoms with Gasteiger partial charge < -0.3 is 19.2 Å². The van der Waals surface area contributed by atoms with Crippen molar-refractivity contribution in [1.82, 2.24) is 5.32 Å². The molecule has 0 aromatic carbocycles. The van der Waals surface area contributed by atoms with E-state index in [0.29, 0.717) is 19.6 Å². The summed E-state index contributed by atoms with van der Waals surface area (Å²) in [7, 11) is 0. The third kappa shape index (κ3) is 5.59. The molecule has 1 aromatic rings. The second-order valence-corrected chi connectivity index (χ2v) is 5.01. The summed E-state index contributed by atoms with van der Waals surface area (Å²) in [4.78, 5) is 23.1. The van der Waals surface area contributed by atoms with E-state index in [4.69, 9.17) is 13.9 Å². The van der Waals surface area contributed by atoms with Gasteiger partial charge in [-0.3, -0.25) is 9.59 Å². The van der Waals surface area contributed by atoms with Gasteiger partial charge in [-0.05, 0) is 37.8 Å². The van der Waals surface area contributed by atoms with Gasteiger partial charge in [-0.2, -0.15) is 0 Å². The third-order valence-electron chi connectivity index (χ3n) is 3.29. The van der Waals surface area contributed by atoms with Crippen LogP contribution < -0.4 is 5.32 Å². The number of amides is 1. The van der Waals surface area contributed by atoms with Crippen LogP contribution >= 0.6 is 0 Å². The smallest absolute Gasteiger partial charge is 0.305 e. The molecule has 1 saturated heterocycles. The summed E-state index contributed by atoms with van der Waals surface area (Å²) >= 11 is 0. The van der Waals surface area contributed by atoms with Crippen molar-refractivity contribution >= 4 is 11.9 Å². The van der Waals surface area contributed by atoms with Crippen LogP contribution in [0, 0.1) is 0 Å². The molecule has 6 nitrogen and oxygen atoms in total. The van der Waals surface area contributed by atoms with E-state index in [2.05, 4.69) is 5.32 Å². The normalized spacial score (nSPS) is 18.2. The van der Waals surface area contributed by atoms with Gasteiger partial charge in [-0.15, -0.1) is 0 Å². The zero-order valence-electron chi connectivity index (χ0n) is 12.0. The fraction of sp³-hybridized carbons (Fsp3) is 0.600. The SMILES string of the molecule is O=C(CCCNC(=O)c1ccco1)OCC1CCCCO1. The van der Waals surface area contributed by atoms with Crippen molar-refractivity contribution in [2.75, 3.05) is 19.8 Å². The summed E-state index contributed by atoms with van der Waals surface area (Å²) in [5.74, 6) is -0.257. The summed E-state index contributed by atoms with van der Waals surface area (Å²) in [5, 5.41) is 2.68. The quantitative estimate of drug-likeness (QED) is 0.614. The first kappa shape index (κ1) is 15.6. The van der Waals surface area contributed by atoms with Crippen LogP contribution in [-0.2, 0) is 14.3 Å². The highest BCUT2D eigenvalue weighted by Crippen LogP contribution is 2.13. The van der Waals surface area contributed by atoms with Gasteiger partial charge in [0.15, 0.2) is 5.76 Å². The Kier molecular flexibility index (Phi) is 6.27. The molecule has 1 atom stereocenters. The molecule has 1 amide bonds. The highest BCUT2D eigenvalue weighted by molar-refractivity contribution is 5.91. The average Bonchev–Trinajstić information content (AvgIpc) is 3.05. The van der Waals surface area contributed by atoms with Crippen LogP contribution in [-0.4, -0.2) is 37.7 Å². The van der Waals surface area contributed by atoms with E-state index in [1.807, 2.05) is 0 Å². The first-order chi connectivity index (χ1) is 10.3. The maximum Gasteiger partial charge on any atom is 0.305 e. The van der Waals surface area contributed by atoms with Crippen LogP contribution in [0.2, 0.25) is 0 Å². The Morgan fingerprint density at radius 3 is 3.00 bits per heavy atom. The molecule has 0 radical (unpaired) electrons. The van der Waals surface area contributed by atoms with Crippen molar-refractivity contribution < 1.29 is 23.5 Å². The number of nitrogens with one attached hydrogen (secondary N) is 1. The lowest BCUT2D eigenvalue weighted by molar-refractivity contribution is -0.149. The standard InChI is InChI=1S/C15H21NO5/c17-14(21-11-12-5-1-2-9-19-12)7-3-8-16-15(18)13-6-4-10-20-13/h4,6,10,12H,1-3,5,7-9,11H2,(H,16,18). The van der Waals surface area contributed by atoms with Crippen molar-refractivity contribution in [3.63, 3.8) is 0 Å². The average molecular weight is 295 g/mol. The third-order valence-corrected chi connectivity index (χ3v) is 3.29. The van der Waals surface area contributed by atoms with Crippen LogP contribution in [0.5, 0.6) is 0 Å². The number of carbonyl (C=O) groups excluding carboxylic acids is 2. The minimum Gasteiger partial charge on any atom is -0.463 e. The van der Waals surface area contributed by atoms with Crippen LogP contribution in [0.25, 0.3) is 0 Å². The van der Waals surface area contributed by atoms with Crippen molar-refractivity contribution in [2.24, 2.45) is 0 Å². The Bertz CT molecular complexity index is 437. The molecule has 1 fully saturated rings. The Hall–Kier alpha value is -1.82. The van der Waals surface area contributed by atoms with Gasteiger partial charge >= 0.3 is 5.97 Å². The maximum atomic E-state index is 11.6. The van der Waals surface area contributed by atoms with Crippen molar-refractivity contribution in [3.8, 4) is 0 Å². The number of rotatable bonds is 7. The Labute approximate surface area is 123 Å². The molecule has 21 heavy (non-hydrogen) atoms. The summed E-state index contributed by atoms with van der Waals surface area (Å²) in [6.45, 7) is 1.49. The molecule has 6 heteroatoms. The lowest BCUT2D eigenvalue weighted by atomic mass is 10.1. The fourth-order valence-corrected chi connectivity index (χ4v) is 2.13. The van der Waals surface area contributed by atoms with E-state index in [9.17, 15) is 9.59 Å². The molecule has 1 aliphatic heterocycles. The highest BCUT2D eigenvalue weighted by Gasteiger charge is 2.16. The molecule has 0 spiro atoms. The second kappa shape index (κ2) is 8.46. The summed E-state index contributed by atoms with van der Waals surface area (Å²) in [6.07, 6.45) is 5.47. The van der Waals surface area contributed by atoms with Crippen LogP contribution in [0.4, 0.5) is 0 Å². The van der Waals surface area contributed by atoms with Gasteiger partial charge in [0.05, 0.1) is 12.4 Å². The molecular formula is C15H21NO5. The molecule has 2 rings (SSSR count). The number of hydrogen-bond donors (Lipinski definition) is 1. The summed E-state index contributed by atoms with van der Waals surface area (Å²) < 4.78 is 15.6. The largest absolute Gasteiger partial charge is 0.463 e. The van der Waals surface area contributed by atoms with E-state index in [-0.39, 0.29) is 30.2 Å². The molecule has 1 unspecified atom stereocenters. The monoisotopic (exact) mass is 295 g/mol. The van der Waals surface area contributed by atoms with Gasteiger partial charge in [-0.25, -0.2) is 0 Å². The predicted octanol–water partition coefficient (Wildman–Crippen LogP) is 1.90. The van der Waals surface area contributed by atoms with E-state index < -0.39 is 0 Å². The Morgan fingerprint density at radius 2 is 2.29 bits per heavy atom. The first-order valence-electron chi connectivity index (χ1n) is 7.34. The van der Waals surface area contributed by atoms with Gasteiger partial charge in [0.25, 0.3) is 5.91 Å². The molecule has 1 aromatic heterocycles. The second-order valence-electron chi connectivity index (χ2n) is 5.01. The molecule has 1 N–H and O–H groups in total. The Balaban J connectivity index is 1.52. The molecular weight excluding hydrogens is 274 g/mol. The highest BCUT2D eigenvalue weighted by atomic mass is 16.6. The summed E-state index contributed by atoms with van der Waals surface area (Å²) in [5.41, 5.74) is 0. The van der Waals surface area contributed by atoms with Crippen molar-refractivity contribution in [1.29, 1.82) is 0 Å². The number of hydrogen-bond acceptors (Lipinski definition) is 5. The van der Waals surface area contributed by atoms with Crippen molar-refractivity contribution in [2.45, 2.75) is 38.2 Å². The molecule has 0 saturated carbocycles. The number of esters is 1. The van der Waals surface area contributed by atoms with Crippen LogP contribution in [0.3, 0.4) is 0 Å². The van der Waals surface area contributed by atoms with E-state index in [0.717, 1.165) is 25.9 Å². The van der Waals surface area contributed by atoms with Gasteiger partial charge in [0.2, 0.25) is 0 Å². The zero-order valence-corrected chi connectivity index (χ0v) is 12.0. The molecule has 116 valence electrons.